The van der Waals surface area contributed by atoms with E-state index in [4.69, 9.17) is 4.42 Å². The second-order valence-corrected chi connectivity index (χ2v) is 8.27. The first-order chi connectivity index (χ1) is 14.4. The predicted octanol–water partition coefficient (Wildman–Crippen LogP) is 3.74. The van der Waals surface area contributed by atoms with Crippen molar-refractivity contribution in [2.75, 3.05) is 18.0 Å². The van der Waals surface area contributed by atoms with Crippen LogP contribution in [-0.4, -0.2) is 34.6 Å². The van der Waals surface area contributed by atoms with E-state index in [9.17, 15) is 9.18 Å². The van der Waals surface area contributed by atoms with Gasteiger partial charge in [-0.25, -0.2) is 14.2 Å². The van der Waals surface area contributed by atoms with E-state index in [2.05, 4.69) is 29.0 Å². The maximum Gasteiger partial charge on any atom is 0.345 e. The lowest BCUT2D eigenvalue weighted by Crippen LogP contribution is -2.54. The molecule has 1 N–H and O–H groups in total. The summed E-state index contributed by atoms with van der Waals surface area (Å²) in [7, 11) is 0. The van der Waals surface area contributed by atoms with Crippen molar-refractivity contribution in [2.24, 2.45) is 0 Å². The molecule has 1 saturated heterocycles. The van der Waals surface area contributed by atoms with Crippen molar-refractivity contribution in [1.29, 1.82) is 0 Å². The van der Waals surface area contributed by atoms with Crippen LogP contribution in [0, 0.1) is 12.7 Å². The van der Waals surface area contributed by atoms with E-state index in [1.807, 2.05) is 25.1 Å². The third-order valence-corrected chi connectivity index (χ3v) is 5.56. The minimum atomic E-state index is -0.484. The van der Waals surface area contributed by atoms with Crippen molar-refractivity contribution in [3.05, 3.63) is 64.5 Å². The molecule has 3 aromatic heterocycles. The molecule has 0 amide bonds. The molecule has 0 spiro atoms. The zero-order valence-electron chi connectivity index (χ0n) is 17.1. The number of nitrogens with zero attached hydrogens (tertiary/aromatic N) is 3. The highest BCUT2D eigenvalue weighted by Gasteiger charge is 2.22. The Hall–Kier alpha value is -3.19. The summed E-state index contributed by atoms with van der Waals surface area (Å²) >= 11 is 0. The largest absolute Gasteiger partial charge is 0.422 e. The Bertz CT molecular complexity index is 1320. The van der Waals surface area contributed by atoms with Gasteiger partial charge in [-0.2, -0.15) is 0 Å². The number of hydrogen-bond acceptors (Lipinski definition) is 5. The van der Waals surface area contributed by atoms with Gasteiger partial charge in [0, 0.05) is 54.7 Å². The van der Waals surface area contributed by atoms with Crippen LogP contribution in [0.2, 0.25) is 0 Å². The molecule has 1 aliphatic rings. The Morgan fingerprint density at radius 2 is 1.90 bits per heavy atom. The molecule has 6 nitrogen and oxygen atoms in total. The van der Waals surface area contributed by atoms with Gasteiger partial charge in [-0.1, -0.05) is 0 Å². The van der Waals surface area contributed by atoms with E-state index in [-0.39, 0.29) is 5.65 Å². The standard InChI is InChI=1S/C23H23FN4O2/c1-13-6-19(24)22-26-20(12-28(22)9-13)18-7-16-4-5-17(8-21(16)30-23(18)29)27-10-14(2)25-15(3)11-27/h4-9,12,14-15,25H,10-11H2,1-3H3/t14-,15+. The molecular formula is C23H23FN4O2. The average molecular weight is 406 g/mol. The number of benzene rings is 1. The summed E-state index contributed by atoms with van der Waals surface area (Å²) in [6.45, 7) is 7.92. The highest BCUT2D eigenvalue weighted by molar-refractivity contribution is 5.84. The maximum absolute atomic E-state index is 14.2. The van der Waals surface area contributed by atoms with Crippen LogP contribution in [0.1, 0.15) is 19.4 Å². The zero-order chi connectivity index (χ0) is 21.0. The molecule has 30 heavy (non-hydrogen) atoms. The van der Waals surface area contributed by atoms with Crippen molar-refractivity contribution >= 4 is 22.3 Å². The molecule has 4 heterocycles. The lowest BCUT2D eigenvalue weighted by molar-refractivity contribution is 0.407. The van der Waals surface area contributed by atoms with Gasteiger partial charge in [0.1, 0.15) is 5.58 Å². The minimum absolute atomic E-state index is 0.187. The zero-order valence-corrected chi connectivity index (χ0v) is 17.1. The number of halogens is 1. The van der Waals surface area contributed by atoms with Gasteiger partial charge in [0.15, 0.2) is 11.5 Å². The maximum atomic E-state index is 14.2. The van der Waals surface area contributed by atoms with E-state index in [0.29, 0.717) is 28.9 Å². The number of hydrogen-bond donors (Lipinski definition) is 1. The smallest absolute Gasteiger partial charge is 0.345 e. The number of anilines is 1. The molecule has 7 heteroatoms. The Morgan fingerprint density at radius 1 is 1.13 bits per heavy atom. The first kappa shape index (κ1) is 18.8. The van der Waals surface area contributed by atoms with Gasteiger partial charge < -0.3 is 19.0 Å². The molecule has 2 atom stereocenters. The number of aromatic nitrogens is 2. The van der Waals surface area contributed by atoms with Crippen LogP contribution in [-0.2, 0) is 0 Å². The molecule has 0 radical (unpaired) electrons. The first-order valence-corrected chi connectivity index (χ1v) is 10.1. The summed E-state index contributed by atoms with van der Waals surface area (Å²) in [5, 5.41) is 4.32. The van der Waals surface area contributed by atoms with E-state index >= 15 is 0 Å². The summed E-state index contributed by atoms with van der Waals surface area (Å²) in [4.78, 5) is 19.3. The first-order valence-electron chi connectivity index (χ1n) is 10.1. The van der Waals surface area contributed by atoms with Crippen LogP contribution in [0.5, 0.6) is 0 Å². The van der Waals surface area contributed by atoms with Gasteiger partial charge in [-0.05, 0) is 50.6 Å². The average Bonchev–Trinajstić information content (AvgIpc) is 3.10. The van der Waals surface area contributed by atoms with Gasteiger partial charge >= 0.3 is 5.63 Å². The quantitative estimate of drug-likeness (QED) is 0.514. The Labute approximate surface area is 172 Å². The molecule has 1 aliphatic heterocycles. The molecule has 4 aromatic rings. The van der Waals surface area contributed by atoms with Crippen molar-refractivity contribution in [2.45, 2.75) is 32.9 Å². The summed E-state index contributed by atoms with van der Waals surface area (Å²) in [6.07, 6.45) is 3.43. The highest BCUT2D eigenvalue weighted by atomic mass is 19.1. The van der Waals surface area contributed by atoms with Gasteiger partial charge in [-0.3, -0.25) is 0 Å². The molecule has 154 valence electrons. The Balaban J connectivity index is 1.56. The third-order valence-electron chi connectivity index (χ3n) is 5.56. The molecule has 0 bridgehead atoms. The molecule has 1 aromatic carbocycles. The monoisotopic (exact) mass is 406 g/mol. The van der Waals surface area contributed by atoms with E-state index in [0.717, 1.165) is 29.7 Å². The fraction of sp³-hybridized carbons (Fsp3) is 0.304. The van der Waals surface area contributed by atoms with Gasteiger partial charge in [-0.15, -0.1) is 0 Å². The number of fused-ring (bicyclic) bond motifs is 2. The van der Waals surface area contributed by atoms with Gasteiger partial charge in [0.05, 0.1) is 11.3 Å². The minimum Gasteiger partial charge on any atom is -0.422 e. The fourth-order valence-corrected chi connectivity index (χ4v) is 4.33. The van der Waals surface area contributed by atoms with Crippen molar-refractivity contribution < 1.29 is 8.81 Å². The highest BCUT2D eigenvalue weighted by Crippen LogP contribution is 2.26. The lowest BCUT2D eigenvalue weighted by Gasteiger charge is -2.37. The van der Waals surface area contributed by atoms with Crippen LogP contribution in [0.15, 0.2) is 51.9 Å². The number of aryl methyl sites for hydroxylation is 1. The van der Waals surface area contributed by atoms with Crippen molar-refractivity contribution in [3.63, 3.8) is 0 Å². The Morgan fingerprint density at radius 3 is 2.67 bits per heavy atom. The summed E-state index contributed by atoms with van der Waals surface area (Å²) in [6, 6.07) is 9.88. The number of imidazole rings is 1. The Kier molecular flexibility index (Phi) is 4.36. The summed E-state index contributed by atoms with van der Waals surface area (Å²) in [5.74, 6) is -0.421. The third kappa shape index (κ3) is 3.25. The summed E-state index contributed by atoms with van der Waals surface area (Å²) in [5.41, 5.74) is 2.76. The van der Waals surface area contributed by atoms with Gasteiger partial charge in [0.2, 0.25) is 0 Å². The van der Waals surface area contributed by atoms with Crippen molar-refractivity contribution in [3.8, 4) is 11.3 Å². The van der Waals surface area contributed by atoms with E-state index in [1.165, 1.54) is 6.07 Å². The number of nitrogens with one attached hydrogen (secondary N) is 1. The molecule has 1 fully saturated rings. The predicted molar refractivity (Wildman–Crippen MR) is 116 cm³/mol. The van der Waals surface area contributed by atoms with Crippen LogP contribution < -0.4 is 15.8 Å². The van der Waals surface area contributed by atoms with Crippen LogP contribution in [0.3, 0.4) is 0 Å². The number of piperazine rings is 1. The molecular weight excluding hydrogens is 383 g/mol. The molecule has 0 aliphatic carbocycles. The molecule has 0 saturated carbocycles. The second-order valence-electron chi connectivity index (χ2n) is 8.27. The van der Waals surface area contributed by atoms with Crippen LogP contribution in [0.4, 0.5) is 10.1 Å². The van der Waals surface area contributed by atoms with E-state index in [1.54, 1.807) is 22.9 Å². The summed E-state index contributed by atoms with van der Waals surface area (Å²) < 4.78 is 21.5. The van der Waals surface area contributed by atoms with Crippen LogP contribution in [0.25, 0.3) is 27.9 Å². The molecule has 0 unspecified atom stereocenters. The van der Waals surface area contributed by atoms with Crippen LogP contribution >= 0.6 is 0 Å². The number of rotatable bonds is 2. The fourth-order valence-electron chi connectivity index (χ4n) is 4.33. The van der Waals surface area contributed by atoms with Gasteiger partial charge in [0.25, 0.3) is 0 Å². The van der Waals surface area contributed by atoms with E-state index < -0.39 is 11.4 Å². The topological polar surface area (TPSA) is 62.8 Å². The lowest BCUT2D eigenvalue weighted by atomic mass is 10.1. The number of pyridine rings is 1. The SMILES string of the molecule is Cc1cc(F)c2nc(-c3cc4ccc(N5C[C@@H](C)N[C@@H](C)C5)cc4oc3=O)cn2c1. The molecule has 5 rings (SSSR count). The van der Waals surface area contributed by atoms with Crippen molar-refractivity contribution in [1.82, 2.24) is 14.7 Å². The normalized spacial score (nSPS) is 19.7. The second kappa shape index (κ2) is 6.95.